The standard InChI is InChI=1S/C15H25N3/c1-12-3-2-4-14(7-5-12)17-10-9-15-8-6-13(16)11-18-15/h6,8,11-12,14,17H,2-5,7,9-10,16H2,1H3. The Bertz CT molecular complexity index is 347. The second-order valence-electron chi connectivity index (χ2n) is 5.60. The van der Waals surface area contributed by atoms with E-state index in [9.17, 15) is 0 Å². The predicted molar refractivity (Wildman–Crippen MR) is 76.4 cm³/mol. The molecule has 100 valence electrons. The van der Waals surface area contributed by atoms with E-state index in [1.165, 1.54) is 32.1 Å². The maximum Gasteiger partial charge on any atom is 0.0501 e. The lowest BCUT2D eigenvalue weighted by molar-refractivity contribution is 0.450. The Morgan fingerprint density at radius 3 is 2.94 bits per heavy atom. The summed E-state index contributed by atoms with van der Waals surface area (Å²) in [5.41, 5.74) is 7.49. The van der Waals surface area contributed by atoms with E-state index >= 15 is 0 Å². The molecular formula is C15H25N3. The normalized spacial score (nSPS) is 24.7. The fraction of sp³-hybridized carbons (Fsp3) is 0.667. The summed E-state index contributed by atoms with van der Waals surface area (Å²) in [4.78, 5) is 4.33. The van der Waals surface area contributed by atoms with Gasteiger partial charge in [0.1, 0.15) is 0 Å². The van der Waals surface area contributed by atoms with Crippen LogP contribution in [0.5, 0.6) is 0 Å². The summed E-state index contributed by atoms with van der Waals surface area (Å²) < 4.78 is 0. The zero-order valence-electron chi connectivity index (χ0n) is 11.4. The van der Waals surface area contributed by atoms with Gasteiger partial charge >= 0.3 is 0 Å². The Hall–Kier alpha value is -1.09. The number of hydrogen-bond donors (Lipinski definition) is 2. The van der Waals surface area contributed by atoms with Crippen LogP contribution in [0.4, 0.5) is 5.69 Å². The van der Waals surface area contributed by atoms with Crippen LogP contribution < -0.4 is 11.1 Å². The third-order valence-corrected chi connectivity index (χ3v) is 3.92. The van der Waals surface area contributed by atoms with Gasteiger partial charge in [0.2, 0.25) is 0 Å². The first-order chi connectivity index (χ1) is 8.74. The second kappa shape index (κ2) is 6.74. The van der Waals surface area contributed by atoms with Crippen molar-refractivity contribution in [2.75, 3.05) is 12.3 Å². The number of hydrogen-bond acceptors (Lipinski definition) is 3. The lowest BCUT2D eigenvalue weighted by Gasteiger charge is -2.16. The van der Waals surface area contributed by atoms with Crippen LogP contribution in [-0.2, 0) is 6.42 Å². The summed E-state index contributed by atoms with van der Waals surface area (Å²) in [6, 6.07) is 4.66. The highest BCUT2D eigenvalue weighted by atomic mass is 14.9. The highest BCUT2D eigenvalue weighted by Crippen LogP contribution is 2.22. The SMILES string of the molecule is CC1CCCC(NCCc2ccc(N)cn2)CC1. The van der Waals surface area contributed by atoms with Crippen molar-refractivity contribution in [2.45, 2.75) is 51.5 Å². The Morgan fingerprint density at radius 1 is 1.28 bits per heavy atom. The molecule has 1 saturated carbocycles. The minimum atomic E-state index is 0.712. The van der Waals surface area contributed by atoms with Crippen molar-refractivity contribution in [2.24, 2.45) is 5.92 Å². The Morgan fingerprint density at radius 2 is 2.17 bits per heavy atom. The molecule has 3 N–H and O–H groups in total. The van der Waals surface area contributed by atoms with Crippen LogP contribution >= 0.6 is 0 Å². The molecule has 1 aromatic rings. The Balaban J connectivity index is 1.70. The molecule has 2 rings (SSSR count). The van der Waals surface area contributed by atoms with Crippen molar-refractivity contribution in [1.29, 1.82) is 0 Å². The molecule has 18 heavy (non-hydrogen) atoms. The molecule has 3 nitrogen and oxygen atoms in total. The summed E-state index contributed by atoms with van der Waals surface area (Å²) in [6.07, 6.45) is 9.54. The van der Waals surface area contributed by atoms with Gasteiger partial charge in [-0.1, -0.05) is 19.8 Å². The summed E-state index contributed by atoms with van der Waals surface area (Å²) in [7, 11) is 0. The first-order valence-corrected chi connectivity index (χ1v) is 7.18. The van der Waals surface area contributed by atoms with E-state index in [-0.39, 0.29) is 0 Å². The van der Waals surface area contributed by atoms with Gasteiger partial charge in [0.25, 0.3) is 0 Å². The van der Waals surface area contributed by atoms with Gasteiger partial charge in [0.15, 0.2) is 0 Å². The van der Waals surface area contributed by atoms with Gasteiger partial charge in [-0.3, -0.25) is 4.98 Å². The van der Waals surface area contributed by atoms with Crippen LogP contribution in [0.15, 0.2) is 18.3 Å². The van der Waals surface area contributed by atoms with Crippen molar-refractivity contribution in [3.05, 3.63) is 24.0 Å². The summed E-state index contributed by atoms with van der Waals surface area (Å²) in [5.74, 6) is 0.913. The molecule has 1 heterocycles. The average molecular weight is 247 g/mol. The minimum Gasteiger partial charge on any atom is -0.397 e. The van der Waals surface area contributed by atoms with Gasteiger partial charge in [-0.05, 0) is 37.3 Å². The number of nitrogens with one attached hydrogen (secondary N) is 1. The van der Waals surface area contributed by atoms with Gasteiger partial charge in [-0.25, -0.2) is 0 Å². The maximum absolute atomic E-state index is 5.62. The smallest absolute Gasteiger partial charge is 0.0501 e. The first kappa shape index (κ1) is 13.3. The maximum atomic E-state index is 5.62. The van der Waals surface area contributed by atoms with E-state index < -0.39 is 0 Å². The van der Waals surface area contributed by atoms with Crippen LogP contribution in [0.2, 0.25) is 0 Å². The largest absolute Gasteiger partial charge is 0.397 e. The van der Waals surface area contributed by atoms with Crippen molar-refractivity contribution in [3.8, 4) is 0 Å². The van der Waals surface area contributed by atoms with Crippen molar-refractivity contribution >= 4 is 5.69 Å². The van der Waals surface area contributed by atoms with Crippen LogP contribution in [0.3, 0.4) is 0 Å². The number of nitrogen functional groups attached to an aromatic ring is 1. The number of nitrogens with zero attached hydrogens (tertiary/aromatic N) is 1. The van der Waals surface area contributed by atoms with Gasteiger partial charge < -0.3 is 11.1 Å². The van der Waals surface area contributed by atoms with E-state index in [0.29, 0.717) is 6.04 Å². The van der Waals surface area contributed by atoms with Crippen LogP contribution in [0.25, 0.3) is 0 Å². The molecule has 2 atom stereocenters. The van der Waals surface area contributed by atoms with Crippen molar-refractivity contribution in [3.63, 3.8) is 0 Å². The zero-order valence-corrected chi connectivity index (χ0v) is 11.4. The van der Waals surface area contributed by atoms with Gasteiger partial charge in [-0.2, -0.15) is 0 Å². The molecule has 1 aliphatic rings. The number of pyridine rings is 1. The molecule has 1 fully saturated rings. The van der Waals surface area contributed by atoms with E-state index in [0.717, 1.165) is 30.3 Å². The minimum absolute atomic E-state index is 0.712. The molecule has 0 bridgehead atoms. The molecule has 0 aliphatic heterocycles. The fourth-order valence-corrected chi connectivity index (χ4v) is 2.68. The molecule has 0 saturated heterocycles. The van der Waals surface area contributed by atoms with Crippen LogP contribution in [-0.4, -0.2) is 17.6 Å². The molecule has 3 heteroatoms. The van der Waals surface area contributed by atoms with Gasteiger partial charge in [0, 0.05) is 24.7 Å². The highest BCUT2D eigenvalue weighted by molar-refractivity contribution is 5.34. The molecule has 0 amide bonds. The topological polar surface area (TPSA) is 50.9 Å². The molecule has 2 unspecified atom stereocenters. The lowest BCUT2D eigenvalue weighted by Crippen LogP contribution is -2.30. The van der Waals surface area contributed by atoms with E-state index in [1.807, 2.05) is 12.1 Å². The molecular weight excluding hydrogens is 222 g/mol. The van der Waals surface area contributed by atoms with E-state index in [4.69, 9.17) is 5.73 Å². The molecule has 0 aromatic carbocycles. The average Bonchev–Trinajstić information content (AvgIpc) is 2.57. The highest BCUT2D eigenvalue weighted by Gasteiger charge is 2.15. The molecule has 1 aromatic heterocycles. The molecule has 0 spiro atoms. The third-order valence-electron chi connectivity index (χ3n) is 3.92. The Kier molecular flexibility index (Phi) is 5.00. The molecule has 0 radical (unpaired) electrons. The van der Waals surface area contributed by atoms with Crippen molar-refractivity contribution < 1.29 is 0 Å². The van der Waals surface area contributed by atoms with Crippen LogP contribution in [0, 0.1) is 5.92 Å². The summed E-state index contributed by atoms with van der Waals surface area (Å²) in [5, 5.41) is 3.67. The lowest BCUT2D eigenvalue weighted by atomic mass is 10.0. The zero-order chi connectivity index (χ0) is 12.8. The monoisotopic (exact) mass is 247 g/mol. The fourth-order valence-electron chi connectivity index (χ4n) is 2.68. The third kappa shape index (κ3) is 4.30. The van der Waals surface area contributed by atoms with Crippen LogP contribution in [0.1, 0.15) is 44.7 Å². The second-order valence-corrected chi connectivity index (χ2v) is 5.60. The summed E-state index contributed by atoms with van der Waals surface area (Å²) >= 11 is 0. The van der Waals surface area contributed by atoms with Gasteiger partial charge in [0.05, 0.1) is 11.9 Å². The van der Waals surface area contributed by atoms with Crippen molar-refractivity contribution in [1.82, 2.24) is 10.3 Å². The number of rotatable bonds is 4. The van der Waals surface area contributed by atoms with E-state index in [2.05, 4.69) is 17.2 Å². The first-order valence-electron chi connectivity index (χ1n) is 7.18. The summed E-state index contributed by atoms with van der Waals surface area (Å²) in [6.45, 7) is 3.40. The number of aromatic nitrogens is 1. The number of nitrogens with two attached hydrogens (primary N) is 1. The predicted octanol–water partition coefficient (Wildman–Crippen LogP) is 2.76. The number of anilines is 1. The van der Waals surface area contributed by atoms with Gasteiger partial charge in [-0.15, -0.1) is 0 Å². The molecule has 1 aliphatic carbocycles. The Labute approximate surface area is 110 Å². The van der Waals surface area contributed by atoms with E-state index in [1.54, 1.807) is 6.20 Å². The quantitative estimate of drug-likeness (QED) is 0.804.